The summed E-state index contributed by atoms with van der Waals surface area (Å²) in [5, 5.41) is 6.68. The fourth-order valence-corrected chi connectivity index (χ4v) is 2.82. The van der Waals surface area contributed by atoms with Gasteiger partial charge in [0.25, 0.3) is 0 Å². The molecule has 0 amide bonds. The fraction of sp³-hybridized carbons (Fsp3) is 0.500. The van der Waals surface area contributed by atoms with Crippen molar-refractivity contribution < 1.29 is 13.9 Å². The normalized spacial score (nSPS) is 13.7. The van der Waals surface area contributed by atoms with E-state index in [9.17, 15) is 0 Å². The molecule has 0 bridgehead atoms. The van der Waals surface area contributed by atoms with Crippen molar-refractivity contribution >= 4 is 5.96 Å². The first-order chi connectivity index (χ1) is 12.9. The van der Waals surface area contributed by atoms with Crippen LogP contribution in [-0.2, 0) is 12.0 Å². The van der Waals surface area contributed by atoms with Crippen molar-refractivity contribution in [2.24, 2.45) is 4.99 Å². The number of hydrogen-bond acceptors (Lipinski definition) is 5. The van der Waals surface area contributed by atoms with Gasteiger partial charge in [-0.3, -0.25) is 0 Å². The van der Waals surface area contributed by atoms with Crippen molar-refractivity contribution in [2.75, 3.05) is 19.9 Å². The molecule has 1 aromatic heterocycles. The molecule has 0 unspecified atom stereocenters. The molecule has 3 rings (SSSR count). The molecule has 7 heteroatoms. The van der Waals surface area contributed by atoms with Gasteiger partial charge in [0, 0.05) is 18.5 Å². The number of nitrogens with one attached hydrogen (secondary N) is 2. The highest BCUT2D eigenvalue weighted by Crippen LogP contribution is 2.36. The summed E-state index contributed by atoms with van der Waals surface area (Å²) in [6.45, 7) is 12.4. The maximum absolute atomic E-state index is 5.60. The number of oxazole rings is 1. The zero-order chi connectivity index (χ0) is 19.4. The van der Waals surface area contributed by atoms with Gasteiger partial charge in [-0.05, 0) is 38.5 Å². The van der Waals surface area contributed by atoms with Gasteiger partial charge in [-0.1, -0.05) is 19.9 Å². The van der Waals surface area contributed by atoms with Crippen LogP contribution in [0.3, 0.4) is 0 Å². The highest BCUT2D eigenvalue weighted by molar-refractivity contribution is 5.79. The average molecular weight is 372 g/mol. The Bertz CT molecular complexity index is 807. The molecule has 27 heavy (non-hydrogen) atoms. The largest absolute Gasteiger partial charge is 0.454 e. The monoisotopic (exact) mass is 372 g/mol. The quantitative estimate of drug-likeness (QED) is 0.599. The van der Waals surface area contributed by atoms with Gasteiger partial charge in [-0.15, -0.1) is 0 Å². The lowest BCUT2D eigenvalue weighted by molar-refractivity contribution is 0.174. The molecule has 146 valence electrons. The van der Waals surface area contributed by atoms with Crippen LogP contribution in [0.1, 0.15) is 43.7 Å². The molecule has 0 radical (unpaired) electrons. The van der Waals surface area contributed by atoms with Crippen LogP contribution in [0.4, 0.5) is 0 Å². The number of aryl methyl sites for hydroxylation is 2. The summed E-state index contributed by atoms with van der Waals surface area (Å²) >= 11 is 0. The lowest BCUT2D eigenvalue weighted by Crippen LogP contribution is -2.43. The molecule has 0 spiro atoms. The van der Waals surface area contributed by atoms with Crippen molar-refractivity contribution in [3.8, 4) is 11.5 Å². The van der Waals surface area contributed by atoms with Crippen molar-refractivity contribution in [3.63, 3.8) is 0 Å². The van der Waals surface area contributed by atoms with E-state index in [-0.39, 0.29) is 12.2 Å². The zero-order valence-electron chi connectivity index (χ0n) is 16.7. The SMILES string of the molecule is CCNC(=NCc1nc(C)c(C)o1)NCC(C)(C)c1ccc2c(c1)OCO2. The van der Waals surface area contributed by atoms with Crippen LogP contribution in [0.15, 0.2) is 27.6 Å². The first kappa shape index (κ1) is 19.1. The highest BCUT2D eigenvalue weighted by atomic mass is 16.7. The van der Waals surface area contributed by atoms with Gasteiger partial charge < -0.3 is 24.5 Å². The molecule has 0 aliphatic carbocycles. The Morgan fingerprint density at radius 3 is 2.67 bits per heavy atom. The first-order valence-electron chi connectivity index (χ1n) is 9.24. The minimum Gasteiger partial charge on any atom is -0.454 e. The fourth-order valence-electron chi connectivity index (χ4n) is 2.82. The molecule has 1 aliphatic heterocycles. The second kappa shape index (κ2) is 7.90. The van der Waals surface area contributed by atoms with E-state index in [0.717, 1.165) is 35.5 Å². The van der Waals surface area contributed by atoms with Crippen LogP contribution in [-0.4, -0.2) is 30.8 Å². The van der Waals surface area contributed by atoms with E-state index in [2.05, 4.69) is 40.5 Å². The van der Waals surface area contributed by atoms with Crippen LogP contribution in [0.2, 0.25) is 0 Å². The van der Waals surface area contributed by atoms with Crippen LogP contribution in [0.5, 0.6) is 11.5 Å². The maximum Gasteiger partial charge on any atom is 0.231 e. The van der Waals surface area contributed by atoms with Gasteiger partial charge in [0.1, 0.15) is 12.3 Å². The van der Waals surface area contributed by atoms with E-state index in [1.165, 1.54) is 5.56 Å². The van der Waals surface area contributed by atoms with Crippen LogP contribution < -0.4 is 20.1 Å². The van der Waals surface area contributed by atoms with Gasteiger partial charge in [-0.25, -0.2) is 9.98 Å². The topological polar surface area (TPSA) is 80.9 Å². The van der Waals surface area contributed by atoms with Crippen LogP contribution >= 0.6 is 0 Å². The van der Waals surface area contributed by atoms with Gasteiger partial charge in [0.2, 0.25) is 12.7 Å². The molecular formula is C20H28N4O3. The number of nitrogens with zero attached hydrogens (tertiary/aromatic N) is 2. The van der Waals surface area contributed by atoms with Gasteiger partial charge >= 0.3 is 0 Å². The highest BCUT2D eigenvalue weighted by Gasteiger charge is 2.24. The first-order valence-corrected chi connectivity index (χ1v) is 9.24. The zero-order valence-corrected chi connectivity index (χ0v) is 16.7. The average Bonchev–Trinajstić information content (AvgIpc) is 3.23. The Balaban J connectivity index is 1.66. The summed E-state index contributed by atoms with van der Waals surface area (Å²) < 4.78 is 16.5. The second-order valence-corrected chi connectivity index (χ2v) is 7.25. The number of benzene rings is 1. The third-order valence-corrected chi connectivity index (χ3v) is 4.64. The summed E-state index contributed by atoms with van der Waals surface area (Å²) in [6.07, 6.45) is 0. The minimum atomic E-state index is -0.118. The van der Waals surface area contributed by atoms with Crippen molar-refractivity contribution in [1.82, 2.24) is 15.6 Å². The Hall–Kier alpha value is -2.70. The van der Waals surface area contributed by atoms with E-state index in [1.54, 1.807) is 0 Å². The van der Waals surface area contributed by atoms with E-state index >= 15 is 0 Å². The third-order valence-electron chi connectivity index (χ3n) is 4.64. The lowest BCUT2D eigenvalue weighted by atomic mass is 9.84. The van der Waals surface area contributed by atoms with E-state index in [1.807, 2.05) is 32.9 Å². The molecule has 0 atom stereocenters. The van der Waals surface area contributed by atoms with E-state index in [4.69, 9.17) is 13.9 Å². The molecule has 1 aliphatic rings. The van der Waals surface area contributed by atoms with E-state index in [0.29, 0.717) is 19.0 Å². The molecule has 1 aromatic carbocycles. The summed E-state index contributed by atoms with van der Waals surface area (Å²) in [5.41, 5.74) is 1.96. The standard InChI is InChI=1S/C20H28N4O3/c1-6-21-19(22-10-18-24-13(2)14(3)27-18)23-11-20(4,5)15-7-8-16-17(9-15)26-12-25-16/h7-9H,6,10-12H2,1-5H3,(H2,21,22,23). The molecule has 0 saturated heterocycles. The van der Waals surface area contributed by atoms with Crippen LogP contribution in [0, 0.1) is 13.8 Å². The molecule has 2 N–H and O–H groups in total. The predicted octanol–water partition coefficient (Wildman–Crippen LogP) is 3.05. The number of guanidine groups is 1. The molecule has 7 nitrogen and oxygen atoms in total. The van der Waals surface area contributed by atoms with Gasteiger partial charge in [0.15, 0.2) is 17.5 Å². The number of aliphatic imine (C=N–C) groups is 1. The molecule has 2 heterocycles. The lowest BCUT2D eigenvalue weighted by Gasteiger charge is -2.27. The molecule has 0 fully saturated rings. The van der Waals surface area contributed by atoms with Crippen LogP contribution in [0.25, 0.3) is 0 Å². The smallest absolute Gasteiger partial charge is 0.231 e. The Morgan fingerprint density at radius 2 is 1.96 bits per heavy atom. The number of fused-ring (bicyclic) bond motifs is 1. The van der Waals surface area contributed by atoms with Crippen molar-refractivity contribution in [2.45, 2.75) is 46.6 Å². The molecule has 0 saturated carbocycles. The van der Waals surface area contributed by atoms with E-state index < -0.39 is 0 Å². The Morgan fingerprint density at radius 1 is 1.19 bits per heavy atom. The number of hydrogen-bond donors (Lipinski definition) is 2. The summed E-state index contributed by atoms with van der Waals surface area (Å²) in [5.74, 6) is 3.80. The number of rotatable bonds is 6. The number of ether oxygens (including phenoxy) is 2. The van der Waals surface area contributed by atoms with Gasteiger partial charge in [-0.2, -0.15) is 0 Å². The third kappa shape index (κ3) is 4.53. The predicted molar refractivity (Wildman–Crippen MR) is 104 cm³/mol. The maximum atomic E-state index is 5.60. The summed E-state index contributed by atoms with van der Waals surface area (Å²) in [4.78, 5) is 8.96. The molecular weight excluding hydrogens is 344 g/mol. The summed E-state index contributed by atoms with van der Waals surface area (Å²) in [6, 6.07) is 6.09. The number of aromatic nitrogens is 1. The second-order valence-electron chi connectivity index (χ2n) is 7.25. The van der Waals surface area contributed by atoms with Crippen molar-refractivity contribution in [3.05, 3.63) is 41.1 Å². The Kier molecular flexibility index (Phi) is 5.58. The summed E-state index contributed by atoms with van der Waals surface area (Å²) in [7, 11) is 0. The minimum absolute atomic E-state index is 0.118. The Labute approximate surface area is 160 Å². The van der Waals surface area contributed by atoms with Crippen molar-refractivity contribution in [1.29, 1.82) is 0 Å². The van der Waals surface area contributed by atoms with Gasteiger partial charge in [0.05, 0.1) is 5.69 Å². The molecule has 2 aromatic rings.